The van der Waals surface area contributed by atoms with Crippen LogP contribution in [0.25, 0.3) is 0 Å². The molecule has 2 atom stereocenters. The zero-order valence-corrected chi connectivity index (χ0v) is 13.5. The molecule has 0 saturated carbocycles. The minimum absolute atomic E-state index is 0.309. The molecule has 5 nitrogen and oxygen atoms in total. The van der Waals surface area contributed by atoms with Gasteiger partial charge < -0.3 is 15.7 Å². The van der Waals surface area contributed by atoms with Crippen molar-refractivity contribution in [1.82, 2.24) is 15.6 Å². The number of amides is 2. The molecular formula is C15H17F2N3O2S. The smallest absolute Gasteiger partial charge is 0.315 e. The summed E-state index contributed by atoms with van der Waals surface area (Å²) in [5, 5.41) is 17.5. The summed E-state index contributed by atoms with van der Waals surface area (Å²) in [5.74, 6) is -1.71. The van der Waals surface area contributed by atoms with Crippen LogP contribution in [-0.4, -0.2) is 22.7 Å². The number of nitrogens with zero attached hydrogens (tertiary/aromatic N) is 1. The summed E-state index contributed by atoms with van der Waals surface area (Å²) in [4.78, 5) is 16.1. The average Bonchev–Trinajstić information content (AvgIpc) is 2.91. The van der Waals surface area contributed by atoms with Gasteiger partial charge in [0.1, 0.15) is 22.7 Å². The monoisotopic (exact) mass is 341 g/mol. The van der Waals surface area contributed by atoms with Crippen molar-refractivity contribution in [3.8, 4) is 0 Å². The molecule has 1 aromatic heterocycles. The molecule has 3 N–H and O–H groups in total. The summed E-state index contributed by atoms with van der Waals surface area (Å²) >= 11 is 1.42. The largest absolute Gasteiger partial charge is 0.386 e. The van der Waals surface area contributed by atoms with Crippen LogP contribution in [0.3, 0.4) is 0 Å². The molecule has 0 fully saturated rings. The number of rotatable bonds is 5. The van der Waals surface area contributed by atoms with E-state index in [0.717, 1.165) is 22.8 Å². The highest BCUT2D eigenvalue weighted by Gasteiger charge is 2.19. The number of benzene rings is 1. The Balaban J connectivity index is 1.89. The van der Waals surface area contributed by atoms with Crippen molar-refractivity contribution in [3.05, 3.63) is 51.5 Å². The Kier molecular flexibility index (Phi) is 5.62. The molecule has 23 heavy (non-hydrogen) atoms. The number of aromatic nitrogens is 1. The lowest BCUT2D eigenvalue weighted by Crippen LogP contribution is -2.39. The predicted molar refractivity (Wildman–Crippen MR) is 83.1 cm³/mol. The Hall–Kier alpha value is -2.06. The van der Waals surface area contributed by atoms with Crippen molar-refractivity contribution in [2.45, 2.75) is 26.0 Å². The van der Waals surface area contributed by atoms with Gasteiger partial charge in [-0.1, -0.05) is 6.07 Å². The molecule has 0 aliphatic heterocycles. The number of nitrogens with one attached hydrogen (secondary N) is 2. The lowest BCUT2D eigenvalue weighted by Gasteiger charge is -2.16. The fourth-order valence-electron chi connectivity index (χ4n) is 2.00. The number of urea groups is 1. The van der Waals surface area contributed by atoms with Gasteiger partial charge in [0.05, 0.1) is 11.6 Å². The molecule has 2 amide bonds. The first-order chi connectivity index (χ1) is 10.9. The van der Waals surface area contributed by atoms with Gasteiger partial charge in [-0.25, -0.2) is 18.6 Å². The number of aliphatic hydroxyl groups excluding tert-OH is 1. The van der Waals surface area contributed by atoms with Crippen molar-refractivity contribution in [2.24, 2.45) is 0 Å². The van der Waals surface area contributed by atoms with E-state index in [9.17, 15) is 18.7 Å². The van der Waals surface area contributed by atoms with Crippen molar-refractivity contribution in [3.63, 3.8) is 0 Å². The van der Waals surface area contributed by atoms with Crippen LogP contribution in [0.2, 0.25) is 0 Å². The molecule has 1 heterocycles. The Morgan fingerprint density at radius 2 is 2.04 bits per heavy atom. The summed E-state index contributed by atoms with van der Waals surface area (Å²) < 4.78 is 27.0. The zero-order valence-electron chi connectivity index (χ0n) is 12.6. The SMILES string of the molecule is Cc1csc(C(C)NC(=O)NCC(O)c2c(F)cccc2F)n1. The molecule has 0 aliphatic rings. The lowest BCUT2D eigenvalue weighted by molar-refractivity contribution is 0.164. The Labute approximate surface area is 136 Å². The van der Waals surface area contributed by atoms with Crippen LogP contribution in [0.15, 0.2) is 23.6 Å². The van der Waals surface area contributed by atoms with E-state index < -0.39 is 29.3 Å². The van der Waals surface area contributed by atoms with Crippen molar-refractivity contribution in [2.75, 3.05) is 6.54 Å². The topological polar surface area (TPSA) is 74.2 Å². The molecule has 0 radical (unpaired) electrons. The minimum Gasteiger partial charge on any atom is -0.386 e. The van der Waals surface area contributed by atoms with Crippen LogP contribution >= 0.6 is 11.3 Å². The summed E-state index contributed by atoms with van der Waals surface area (Å²) in [5.41, 5.74) is 0.404. The van der Waals surface area contributed by atoms with Crippen LogP contribution < -0.4 is 10.6 Å². The number of thiazole rings is 1. The second kappa shape index (κ2) is 7.47. The number of aryl methyl sites for hydroxylation is 1. The molecule has 0 aliphatic carbocycles. The van der Waals surface area contributed by atoms with Gasteiger partial charge in [0, 0.05) is 17.6 Å². The van der Waals surface area contributed by atoms with Crippen molar-refractivity contribution >= 4 is 17.4 Å². The fraction of sp³-hybridized carbons (Fsp3) is 0.333. The van der Waals surface area contributed by atoms with E-state index in [1.54, 1.807) is 6.92 Å². The summed E-state index contributed by atoms with van der Waals surface area (Å²) in [7, 11) is 0. The number of hydrogen-bond donors (Lipinski definition) is 3. The third kappa shape index (κ3) is 4.46. The maximum absolute atomic E-state index is 13.5. The number of aliphatic hydroxyl groups is 1. The van der Waals surface area contributed by atoms with Gasteiger partial charge in [0.2, 0.25) is 0 Å². The summed E-state index contributed by atoms with van der Waals surface area (Å²) in [6.45, 7) is 3.31. The van der Waals surface area contributed by atoms with Crippen LogP contribution in [-0.2, 0) is 0 Å². The second-order valence-corrected chi connectivity index (χ2v) is 5.94. The molecule has 2 unspecified atom stereocenters. The van der Waals surface area contributed by atoms with Crippen LogP contribution in [0, 0.1) is 18.6 Å². The quantitative estimate of drug-likeness (QED) is 0.783. The molecule has 0 spiro atoms. The molecule has 8 heteroatoms. The molecule has 1 aromatic carbocycles. The third-order valence-electron chi connectivity index (χ3n) is 3.14. The van der Waals surface area contributed by atoms with Crippen molar-refractivity contribution < 1.29 is 18.7 Å². The van der Waals surface area contributed by atoms with Gasteiger partial charge in [0.15, 0.2) is 0 Å². The average molecular weight is 341 g/mol. The van der Waals surface area contributed by atoms with E-state index in [2.05, 4.69) is 15.6 Å². The van der Waals surface area contributed by atoms with E-state index in [1.165, 1.54) is 17.4 Å². The van der Waals surface area contributed by atoms with E-state index in [1.807, 2.05) is 12.3 Å². The van der Waals surface area contributed by atoms with E-state index >= 15 is 0 Å². The maximum Gasteiger partial charge on any atom is 0.315 e. The van der Waals surface area contributed by atoms with E-state index in [0.29, 0.717) is 0 Å². The number of halogens is 2. The van der Waals surface area contributed by atoms with Gasteiger partial charge in [-0.2, -0.15) is 0 Å². The lowest BCUT2D eigenvalue weighted by atomic mass is 10.1. The van der Waals surface area contributed by atoms with Crippen LogP contribution in [0.1, 0.15) is 35.3 Å². The van der Waals surface area contributed by atoms with Crippen molar-refractivity contribution in [1.29, 1.82) is 0 Å². The van der Waals surface area contributed by atoms with Gasteiger partial charge in [-0.3, -0.25) is 0 Å². The Morgan fingerprint density at radius 3 is 2.61 bits per heavy atom. The molecule has 0 bridgehead atoms. The highest BCUT2D eigenvalue weighted by atomic mass is 32.1. The molecule has 2 rings (SSSR count). The standard InChI is InChI=1S/C15H17F2N3O2S/c1-8-7-23-14(19-8)9(2)20-15(22)18-6-12(21)13-10(16)4-3-5-11(13)17/h3-5,7,9,12,21H,6H2,1-2H3,(H2,18,20,22). The first-order valence-corrected chi connectivity index (χ1v) is 7.84. The maximum atomic E-state index is 13.5. The van der Waals surface area contributed by atoms with E-state index in [4.69, 9.17) is 0 Å². The Bertz CT molecular complexity index is 673. The zero-order chi connectivity index (χ0) is 17.0. The minimum atomic E-state index is -1.47. The molecule has 0 saturated heterocycles. The first kappa shape index (κ1) is 17.3. The third-order valence-corrected chi connectivity index (χ3v) is 4.29. The number of carbonyl (C=O) groups is 1. The number of carbonyl (C=O) groups excluding carboxylic acids is 1. The van der Waals surface area contributed by atoms with Gasteiger partial charge in [0.25, 0.3) is 0 Å². The highest BCUT2D eigenvalue weighted by molar-refractivity contribution is 7.09. The summed E-state index contributed by atoms with van der Waals surface area (Å²) in [6.07, 6.45) is -1.47. The van der Waals surface area contributed by atoms with Gasteiger partial charge in [-0.05, 0) is 26.0 Å². The fourth-order valence-corrected chi connectivity index (χ4v) is 2.80. The van der Waals surface area contributed by atoms with Gasteiger partial charge in [-0.15, -0.1) is 11.3 Å². The molecule has 124 valence electrons. The molecule has 2 aromatic rings. The number of hydrogen-bond acceptors (Lipinski definition) is 4. The van der Waals surface area contributed by atoms with Gasteiger partial charge >= 0.3 is 6.03 Å². The van der Waals surface area contributed by atoms with E-state index in [-0.39, 0.29) is 12.6 Å². The highest BCUT2D eigenvalue weighted by Crippen LogP contribution is 2.20. The summed E-state index contributed by atoms with van der Waals surface area (Å²) in [6, 6.07) is 2.44. The van der Waals surface area contributed by atoms with Crippen LogP contribution in [0.5, 0.6) is 0 Å². The predicted octanol–water partition coefficient (Wildman–Crippen LogP) is 2.82. The van der Waals surface area contributed by atoms with Crippen LogP contribution in [0.4, 0.5) is 13.6 Å². The normalized spacial score (nSPS) is 13.4. The first-order valence-electron chi connectivity index (χ1n) is 6.97. The molecular weight excluding hydrogens is 324 g/mol. The second-order valence-electron chi connectivity index (χ2n) is 5.05. The Morgan fingerprint density at radius 1 is 1.39 bits per heavy atom.